The van der Waals surface area contributed by atoms with Gasteiger partial charge in [-0.25, -0.2) is 4.68 Å². The summed E-state index contributed by atoms with van der Waals surface area (Å²) in [4.78, 5) is 0. The van der Waals surface area contributed by atoms with Gasteiger partial charge in [0.15, 0.2) is 5.75 Å². The fourth-order valence-electron chi connectivity index (χ4n) is 2.97. The van der Waals surface area contributed by atoms with E-state index in [1.54, 1.807) is 0 Å². The zero-order chi connectivity index (χ0) is 17.5. The molecule has 0 aliphatic carbocycles. The first-order chi connectivity index (χ1) is 11.3. The predicted molar refractivity (Wildman–Crippen MR) is 98.8 cm³/mol. The summed E-state index contributed by atoms with van der Waals surface area (Å²) in [6.07, 6.45) is 0. The molecule has 0 spiro atoms. The second-order valence-electron chi connectivity index (χ2n) is 7.31. The Bertz CT molecular complexity index is 885. The molecule has 3 nitrogen and oxygen atoms in total. The van der Waals surface area contributed by atoms with Crippen LogP contribution in [0.25, 0.3) is 16.9 Å². The van der Waals surface area contributed by atoms with Crippen molar-refractivity contribution in [1.29, 1.82) is 0 Å². The Kier molecular flexibility index (Phi) is 3.96. The maximum absolute atomic E-state index is 11.0. The molecular weight excluding hydrogens is 296 g/mol. The molecule has 3 aromatic rings. The number of aryl methyl sites for hydroxylation is 2. The lowest BCUT2D eigenvalue weighted by molar-refractivity contribution is 0.445. The highest BCUT2D eigenvalue weighted by Gasteiger charge is 2.28. The van der Waals surface area contributed by atoms with Gasteiger partial charge in [-0.3, -0.25) is 0 Å². The molecule has 0 bridgehead atoms. The summed E-state index contributed by atoms with van der Waals surface area (Å²) < 4.78 is 1.88. The maximum atomic E-state index is 11.0. The second-order valence-corrected chi connectivity index (χ2v) is 7.31. The third-order valence-corrected chi connectivity index (χ3v) is 4.31. The summed E-state index contributed by atoms with van der Waals surface area (Å²) >= 11 is 0. The first-order valence-electron chi connectivity index (χ1n) is 8.25. The van der Waals surface area contributed by atoms with Crippen LogP contribution in [-0.2, 0) is 5.41 Å². The average molecular weight is 320 g/mol. The summed E-state index contributed by atoms with van der Waals surface area (Å²) in [7, 11) is 0. The van der Waals surface area contributed by atoms with Crippen molar-refractivity contribution in [2.45, 2.75) is 40.0 Å². The highest BCUT2D eigenvalue weighted by atomic mass is 16.3. The SMILES string of the molecule is Cc1ccccc1-c1c(O)c(C(C)(C)C)nn1-c1ccccc1C. The molecule has 1 heterocycles. The van der Waals surface area contributed by atoms with Crippen molar-refractivity contribution in [3.63, 3.8) is 0 Å². The standard InChI is InChI=1S/C21H24N2O/c1-14-10-6-8-12-16(14)18-19(24)20(21(3,4)5)22-23(18)17-13-9-7-11-15(17)2/h6-13,24H,1-5H3. The van der Waals surface area contributed by atoms with Crippen molar-refractivity contribution < 1.29 is 5.11 Å². The van der Waals surface area contributed by atoms with Crippen LogP contribution in [0.5, 0.6) is 5.75 Å². The third-order valence-electron chi connectivity index (χ3n) is 4.31. The first kappa shape index (κ1) is 16.3. The summed E-state index contributed by atoms with van der Waals surface area (Å²) in [5.41, 5.74) is 5.45. The van der Waals surface area contributed by atoms with Crippen LogP contribution in [0.2, 0.25) is 0 Å². The molecule has 0 fully saturated rings. The van der Waals surface area contributed by atoms with Crippen LogP contribution in [0, 0.1) is 13.8 Å². The van der Waals surface area contributed by atoms with Gasteiger partial charge in [-0.1, -0.05) is 63.2 Å². The fraction of sp³-hybridized carbons (Fsp3) is 0.286. The lowest BCUT2D eigenvalue weighted by Crippen LogP contribution is -2.13. The summed E-state index contributed by atoms with van der Waals surface area (Å²) in [5.74, 6) is 0.264. The van der Waals surface area contributed by atoms with Crippen LogP contribution in [0.1, 0.15) is 37.6 Å². The van der Waals surface area contributed by atoms with Gasteiger partial charge < -0.3 is 5.11 Å². The highest BCUT2D eigenvalue weighted by molar-refractivity contribution is 5.73. The molecule has 0 radical (unpaired) electrons. The molecule has 124 valence electrons. The molecule has 0 amide bonds. The van der Waals surface area contributed by atoms with Gasteiger partial charge >= 0.3 is 0 Å². The second kappa shape index (κ2) is 5.82. The molecule has 3 rings (SSSR count). The van der Waals surface area contributed by atoms with Gasteiger partial charge in [-0.05, 0) is 31.0 Å². The van der Waals surface area contributed by atoms with Crippen LogP contribution >= 0.6 is 0 Å². The van der Waals surface area contributed by atoms with E-state index in [4.69, 9.17) is 5.10 Å². The first-order valence-corrected chi connectivity index (χ1v) is 8.25. The zero-order valence-corrected chi connectivity index (χ0v) is 15.0. The third kappa shape index (κ3) is 2.71. The van der Waals surface area contributed by atoms with Gasteiger partial charge in [0.05, 0.1) is 5.69 Å². The number of aromatic nitrogens is 2. The van der Waals surface area contributed by atoms with Crippen molar-refractivity contribution in [2.75, 3.05) is 0 Å². The quantitative estimate of drug-likeness (QED) is 0.708. The summed E-state index contributed by atoms with van der Waals surface area (Å²) in [5, 5.41) is 15.8. The fourth-order valence-corrected chi connectivity index (χ4v) is 2.97. The van der Waals surface area contributed by atoms with Gasteiger partial charge in [-0.15, -0.1) is 0 Å². The van der Waals surface area contributed by atoms with E-state index >= 15 is 0 Å². The Labute approximate surface area is 143 Å². The summed E-state index contributed by atoms with van der Waals surface area (Å²) in [6, 6.07) is 16.2. The lowest BCUT2D eigenvalue weighted by atomic mass is 9.90. The van der Waals surface area contributed by atoms with Crippen molar-refractivity contribution in [3.05, 3.63) is 65.4 Å². The van der Waals surface area contributed by atoms with Gasteiger partial charge in [0.25, 0.3) is 0 Å². The van der Waals surface area contributed by atoms with Crippen LogP contribution in [-0.4, -0.2) is 14.9 Å². The Balaban J connectivity index is 2.37. The Morgan fingerprint density at radius 2 is 1.46 bits per heavy atom. The molecule has 1 aromatic heterocycles. The average Bonchev–Trinajstić information content (AvgIpc) is 2.86. The minimum absolute atomic E-state index is 0.241. The van der Waals surface area contributed by atoms with Crippen LogP contribution < -0.4 is 0 Å². The molecule has 0 atom stereocenters. The number of hydrogen-bond acceptors (Lipinski definition) is 2. The zero-order valence-electron chi connectivity index (χ0n) is 15.0. The van der Waals surface area contributed by atoms with E-state index in [1.807, 2.05) is 41.1 Å². The van der Waals surface area contributed by atoms with E-state index in [0.717, 1.165) is 28.1 Å². The molecule has 0 saturated heterocycles. The topological polar surface area (TPSA) is 38.1 Å². The van der Waals surface area contributed by atoms with E-state index in [2.05, 4.69) is 46.8 Å². The van der Waals surface area contributed by atoms with Crippen LogP contribution in [0.4, 0.5) is 0 Å². The van der Waals surface area contributed by atoms with Gasteiger partial charge in [0, 0.05) is 11.0 Å². The highest BCUT2D eigenvalue weighted by Crippen LogP contribution is 2.40. The molecule has 0 aliphatic heterocycles. The Hall–Kier alpha value is -2.55. The van der Waals surface area contributed by atoms with E-state index < -0.39 is 0 Å². The van der Waals surface area contributed by atoms with Crippen molar-refractivity contribution in [3.8, 4) is 22.7 Å². The number of benzene rings is 2. The van der Waals surface area contributed by atoms with Crippen molar-refractivity contribution in [1.82, 2.24) is 9.78 Å². The normalized spacial score (nSPS) is 11.7. The smallest absolute Gasteiger partial charge is 0.166 e. The summed E-state index contributed by atoms with van der Waals surface area (Å²) in [6.45, 7) is 10.3. The lowest BCUT2D eigenvalue weighted by Gasteiger charge is -2.15. The van der Waals surface area contributed by atoms with Gasteiger partial charge in [0.2, 0.25) is 0 Å². The number of nitrogens with zero attached hydrogens (tertiary/aromatic N) is 2. The number of rotatable bonds is 2. The minimum atomic E-state index is -0.241. The van der Waals surface area contributed by atoms with Gasteiger partial charge in [0.1, 0.15) is 11.4 Å². The molecule has 24 heavy (non-hydrogen) atoms. The van der Waals surface area contributed by atoms with E-state index in [9.17, 15) is 5.11 Å². The monoisotopic (exact) mass is 320 g/mol. The number of para-hydroxylation sites is 1. The maximum Gasteiger partial charge on any atom is 0.166 e. The molecular formula is C21H24N2O. The predicted octanol–water partition coefficient (Wildman–Crippen LogP) is 5.16. The van der Waals surface area contributed by atoms with E-state index in [1.165, 1.54) is 0 Å². The molecule has 1 N–H and O–H groups in total. The molecule has 0 saturated carbocycles. The Morgan fingerprint density at radius 1 is 0.875 bits per heavy atom. The molecule has 3 heteroatoms. The van der Waals surface area contributed by atoms with Crippen LogP contribution in [0.3, 0.4) is 0 Å². The molecule has 0 aliphatic rings. The number of aromatic hydroxyl groups is 1. The minimum Gasteiger partial charge on any atom is -0.504 e. The molecule has 0 unspecified atom stereocenters. The van der Waals surface area contributed by atoms with E-state index in [-0.39, 0.29) is 11.2 Å². The molecule has 2 aromatic carbocycles. The van der Waals surface area contributed by atoms with Crippen molar-refractivity contribution in [2.24, 2.45) is 0 Å². The van der Waals surface area contributed by atoms with E-state index in [0.29, 0.717) is 5.69 Å². The van der Waals surface area contributed by atoms with Crippen LogP contribution in [0.15, 0.2) is 48.5 Å². The van der Waals surface area contributed by atoms with Gasteiger partial charge in [-0.2, -0.15) is 5.10 Å². The van der Waals surface area contributed by atoms with Crippen molar-refractivity contribution >= 4 is 0 Å². The Morgan fingerprint density at radius 3 is 2.04 bits per heavy atom. The largest absolute Gasteiger partial charge is 0.504 e. The number of hydrogen-bond donors (Lipinski definition) is 1.